The molecule has 8 aromatic carbocycles. The number of nitrogens with zero attached hydrogens (tertiary/aromatic N) is 2. The summed E-state index contributed by atoms with van der Waals surface area (Å²) in [6.07, 6.45) is 0. The first-order chi connectivity index (χ1) is 27.2. The Morgan fingerprint density at radius 2 is 1.09 bits per heavy atom. The van der Waals surface area contributed by atoms with Crippen molar-refractivity contribution in [3.63, 3.8) is 0 Å². The number of fused-ring (bicyclic) bond motifs is 7. The molecule has 0 amide bonds. The second-order valence-electron chi connectivity index (χ2n) is 14.2. The fourth-order valence-electron chi connectivity index (χ4n) is 8.23. The summed E-state index contributed by atoms with van der Waals surface area (Å²) in [7, 11) is 0. The standard InChI is InChI=1S/C49H33F4IN2/c1-54(29-33-14-17-35(50)25-44(33)52)46-12-6-4-10-40(46)42-27-38(20-22-47(42)54)56(37-19-16-31-8-2-3-9-32(31)24-37)39-21-23-49-43(28-39)41-11-5-7-13-48(41)55(49)30-34-15-18-36(51)26-45(34)53/h2-28H,1,29-30H2. The summed E-state index contributed by atoms with van der Waals surface area (Å²) in [6.45, 7) is 0.244. The molecule has 0 fully saturated rings. The molecule has 0 aliphatic carbocycles. The molecule has 2 heterocycles. The number of para-hydroxylation sites is 1. The number of benzene rings is 8. The summed E-state index contributed by atoms with van der Waals surface area (Å²) in [4.78, 5) is 2.26. The van der Waals surface area contributed by atoms with Gasteiger partial charge >= 0.3 is 288 Å². The van der Waals surface area contributed by atoms with E-state index >= 15 is 4.39 Å². The fraction of sp³-hybridized carbons (Fsp3) is 0.0408. The van der Waals surface area contributed by atoms with Gasteiger partial charge in [0.15, 0.2) is 0 Å². The first-order valence-electron chi connectivity index (χ1n) is 18.2. The zero-order valence-corrected chi connectivity index (χ0v) is 32.2. The zero-order valence-electron chi connectivity index (χ0n) is 30.0. The molecule has 274 valence electrons. The van der Waals surface area contributed by atoms with Crippen molar-refractivity contribution in [1.82, 2.24) is 4.57 Å². The van der Waals surface area contributed by atoms with Crippen molar-refractivity contribution in [2.45, 2.75) is 11.0 Å². The van der Waals surface area contributed by atoms with Crippen LogP contribution in [0.4, 0.5) is 34.6 Å². The van der Waals surface area contributed by atoms with E-state index in [4.69, 9.17) is 4.51 Å². The van der Waals surface area contributed by atoms with E-state index < -0.39 is 41.2 Å². The molecule has 0 radical (unpaired) electrons. The van der Waals surface area contributed by atoms with E-state index in [0.29, 0.717) is 15.6 Å². The number of anilines is 3. The number of halogens is 5. The van der Waals surface area contributed by atoms with Gasteiger partial charge in [0.2, 0.25) is 0 Å². The first-order valence-corrected chi connectivity index (χ1v) is 23.4. The Morgan fingerprint density at radius 1 is 0.482 bits per heavy atom. The summed E-state index contributed by atoms with van der Waals surface area (Å²) in [6, 6.07) is 51.6. The van der Waals surface area contributed by atoms with Crippen LogP contribution in [0.15, 0.2) is 164 Å². The number of rotatable bonds is 7. The zero-order chi connectivity index (χ0) is 38.1. The van der Waals surface area contributed by atoms with Gasteiger partial charge in [-0.15, -0.1) is 0 Å². The molecule has 1 aromatic heterocycles. The van der Waals surface area contributed by atoms with Crippen LogP contribution in [0.1, 0.15) is 11.1 Å². The van der Waals surface area contributed by atoms with E-state index in [2.05, 4.69) is 94.4 Å². The summed E-state index contributed by atoms with van der Waals surface area (Å²) in [5, 5.41) is 4.27. The average Bonchev–Trinajstić information content (AvgIpc) is 3.65. The molecule has 56 heavy (non-hydrogen) atoms. The summed E-state index contributed by atoms with van der Waals surface area (Å²) in [5.74, 6) is -2.31. The van der Waals surface area contributed by atoms with E-state index in [1.807, 2.05) is 42.5 Å². The van der Waals surface area contributed by atoms with Crippen molar-refractivity contribution in [2.75, 3.05) is 4.90 Å². The summed E-state index contributed by atoms with van der Waals surface area (Å²) < 4.78 is 67.7. The Balaban J connectivity index is 1.15. The van der Waals surface area contributed by atoms with Gasteiger partial charge in [-0.25, -0.2) is 8.78 Å². The molecule has 0 saturated carbocycles. The summed E-state index contributed by atoms with van der Waals surface area (Å²) in [5.41, 5.74) is 7.81. The van der Waals surface area contributed by atoms with Crippen LogP contribution in [0.25, 0.3) is 43.7 Å². The minimum atomic E-state index is -3.33. The van der Waals surface area contributed by atoms with Crippen LogP contribution in [-0.4, -0.2) is 9.08 Å². The normalized spacial score (nSPS) is 15.9. The van der Waals surface area contributed by atoms with Crippen LogP contribution in [0.2, 0.25) is 0 Å². The van der Waals surface area contributed by atoms with Crippen LogP contribution in [0.3, 0.4) is 0 Å². The van der Waals surface area contributed by atoms with Crippen LogP contribution in [0, 0.1) is 30.4 Å². The monoisotopic (exact) mass is 852 g/mol. The third kappa shape index (κ3) is 5.63. The Bertz CT molecular complexity index is 3090. The molecule has 1 aliphatic rings. The molecule has 0 bridgehead atoms. The SMILES string of the molecule is C=I1(Cc2ccc(F)cc2F)c2ccccc2-c2cc(N(c3ccc4ccccc4c3)c3ccc4c(c3)c3ccccc3n4Cc3ccc(F)cc3F)ccc21. The number of aromatic nitrogens is 1. The molecular formula is C49H33F4IN2. The van der Waals surface area contributed by atoms with Gasteiger partial charge in [0.05, 0.1) is 0 Å². The predicted molar refractivity (Wildman–Crippen MR) is 231 cm³/mol. The van der Waals surface area contributed by atoms with Gasteiger partial charge in [-0.1, -0.05) is 6.07 Å². The minimum absolute atomic E-state index is 0.244. The van der Waals surface area contributed by atoms with Gasteiger partial charge in [0.1, 0.15) is 11.6 Å². The maximum absolute atomic E-state index is 15.2. The second-order valence-corrected chi connectivity index (χ2v) is 22.0. The molecular weight excluding hydrogens is 819 g/mol. The molecule has 7 heteroatoms. The van der Waals surface area contributed by atoms with E-state index in [9.17, 15) is 13.2 Å². The van der Waals surface area contributed by atoms with Crippen LogP contribution in [-0.2, 0) is 11.0 Å². The van der Waals surface area contributed by atoms with Crippen LogP contribution < -0.4 is 4.90 Å². The van der Waals surface area contributed by atoms with Crippen LogP contribution >= 0.6 is 18.0 Å². The summed E-state index contributed by atoms with van der Waals surface area (Å²) >= 11 is -3.33. The van der Waals surface area contributed by atoms with Crippen molar-refractivity contribution >= 4 is 72.1 Å². The predicted octanol–water partition coefficient (Wildman–Crippen LogP) is 13.7. The quantitative estimate of drug-likeness (QED) is 0.0881. The van der Waals surface area contributed by atoms with Crippen molar-refractivity contribution in [1.29, 1.82) is 0 Å². The molecule has 0 saturated heterocycles. The van der Waals surface area contributed by atoms with E-state index in [-0.39, 0.29) is 6.54 Å². The third-order valence-electron chi connectivity index (χ3n) is 10.9. The maximum atomic E-state index is 15.2. The third-order valence-corrected chi connectivity index (χ3v) is 19.3. The molecule has 2 nitrogen and oxygen atoms in total. The number of hydrogen-bond acceptors (Lipinski definition) is 1. The molecule has 1 unspecified atom stereocenters. The van der Waals surface area contributed by atoms with Gasteiger partial charge < -0.3 is 0 Å². The van der Waals surface area contributed by atoms with E-state index in [0.717, 1.165) is 76.5 Å². The van der Waals surface area contributed by atoms with Gasteiger partial charge in [-0.2, -0.15) is 0 Å². The molecule has 0 spiro atoms. The molecule has 0 N–H and O–H groups in total. The van der Waals surface area contributed by atoms with Crippen LogP contribution in [0.5, 0.6) is 0 Å². The Kier molecular flexibility index (Phi) is 8.18. The Labute approximate surface area is 324 Å². The Hall–Kier alpha value is -6.06. The first kappa shape index (κ1) is 34.4. The number of alkyl halides is 1. The van der Waals surface area contributed by atoms with Crippen molar-refractivity contribution in [2.24, 2.45) is 0 Å². The molecule has 10 rings (SSSR count). The fourth-order valence-corrected chi connectivity index (χ4v) is 16.6. The van der Waals surface area contributed by atoms with Crippen molar-refractivity contribution in [3.05, 3.63) is 205 Å². The molecule has 1 atom stereocenters. The van der Waals surface area contributed by atoms with Crippen molar-refractivity contribution in [3.8, 4) is 11.1 Å². The van der Waals surface area contributed by atoms with E-state index in [1.165, 1.54) is 21.8 Å². The number of hydrogen-bond donors (Lipinski definition) is 0. The van der Waals surface area contributed by atoms with Gasteiger partial charge in [0, 0.05) is 6.07 Å². The average molecular weight is 853 g/mol. The molecule has 1 aliphatic heterocycles. The second kappa shape index (κ2) is 13.3. The van der Waals surface area contributed by atoms with Gasteiger partial charge in [0.25, 0.3) is 0 Å². The van der Waals surface area contributed by atoms with Gasteiger partial charge in [-0.3, -0.25) is 0 Å². The van der Waals surface area contributed by atoms with Gasteiger partial charge in [-0.05, 0) is 6.07 Å². The topological polar surface area (TPSA) is 8.17 Å². The van der Waals surface area contributed by atoms with E-state index in [1.54, 1.807) is 6.07 Å². The molecule has 9 aromatic rings. The Morgan fingerprint density at radius 3 is 1.89 bits per heavy atom. The van der Waals surface area contributed by atoms with Crippen molar-refractivity contribution < 1.29 is 17.6 Å².